The van der Waals surface area contributed by atoms with Gasteiger partial charge in [0.2, 0.25) is 0 Å². The first kappa shape index (κ1) is 14.9. The van der Waals surface area contributed by atoms with Crippen LogP contribution in [0.15, 0.2) is 0 Å². The fraction of sp³-hybridized carbons (Fsp3) is 0.833. The Kier molecular flexibility index (Phi) is 7.60. The smallest absolute Gasteiger partial charge is 0.306 e. The van der Waals surface area contributed by atoms with Crippen LogP contribution in [-0.2, 0) is 9.59 Å². The number of carboxylic acids is 2. The zero-order valence-corrected chi connectivity index (χ0v) is 10.1. The van der Waals surface area contributed by atoms with E-state index >= 15 is 0 Å². The molecule has 2 N–H and O–H groups in total. The summed E-state index contributed by atoms with van der Waals surface area (Å²) < 4.78 is 0. The fourth-order valence-corrected chi connectivity index (χ4v) is 1.59. The first-order chi connectivity index (χ1) is 7.45. The molecule has 0 radical (unpaired) electrons. The molecule has 0 bridgehead atoms. The third-order valence-electron chi connectivity index (χ3n) is 3.04. The molecule has 0 saturated heterocycles. The fourth-order valence-electron chi connectivity index (χ4n) is 1.59. The second-order valence-electron chi connectivity index (χ2n) is 4.45. The third-order valence-corrected chi connectivity index (χ3v) is 3.04. The maximum atomic E-state index is 10.7. The molecule has 0 aliphatic carbocycles. The summed E-state index contributed by atoms with van der Waals surface area (Å²) in [6.45, 7) is 3.69. The van der Waals surface area contributed by atoms with Crippen molar-refractivity contribution < 1.29 is 19.8 Å². The van der Waals surface area contributed by atoms with Gasteiger partial charge in [-0.05, 0) is 18.8 Å². The number of unbranched alkanes of at least 4 members (excludes halogenated alkanes) is 3. The summed E-state index contributed by atoms with van der Waals surface area (Å²) >= 11 is 0. The summed E-state index contributed by atoms with van der Waals surface area (Å²) in [7, 11) is 0. The molecular formula is C12H22O4. The highest BCUT2D eigenvalue weighted by atomic mass is 16.4. The molecule has 0 aliphatic rings. The summed E-state index contributed by atoms with van der Waals surface area (Å²) in [6, 6.07) is 0. The van der Waals surface area contributed by atoms with Gasteiger partial charge in [0.15, 0.2) is 0 Å². The zero-order chi connectivity index (χ0) is 12.6. The van der Waals surface area contributed by atoms with Crippen LogP contribution in [0.5, 0.6) is 0 Å². The lowest BCUT2D eigenvalue weighted by Gasteiger charge is -2.15. The van der Waals surface area contributed by atoms with E-state index in [1.165, 1.54) is 0 Å². The Morgan fingerprint density at radius 3 is 2.06 bits per heavy atom. The monoisotopic (exact) mass is 230 g/mol. The van der Waals surface area contributed by atoms with E-state index in [1.807, 2.05) is 6.92 Å². The predicted octanol–water partition coefficient (Wildman–Crippen LogP) is 2.77. The van der Waals surface area contributed by atoms with Crippen LogP contribution in [0.3, 0.4) is 0 Å². The molecule has 94 valence electrons. The minimum atomic E-state index is -0.743. The van der Waals surface area contributed by atoms with Gasteiger partial charge >= 0.3 is 11.9 Å². The molecule has 0 heterocycles. The van der Waals surface area contributed by atoms with Gasteiger partial charge in [-0.1, -0.05) is 33.1 Å². The molecule has 0 saturated carbocycles. The van der Waals surface area contributed by atoms with Crippen LogP contribution < -0.4 is 0 Å². The topological polar surface area (TPSA) is 74.6 Å². The predicted molar refractivity (Wildman–Crippen MR) is 61.3 cm³/mol. The van der Waals surface area contributed by atoms with Crippen molar-refractivity contribution in [1.82, 2.24) is 0 Å². The lowest BCUT2D eigenvalue weighted by atomic mass is 9.91. The van der Waals surface area contributed by atoms with Gasteiger partial charge in [-0.15, -0.1) is 0 Å². The lowest BCUT2D eigenvalue weighted by molar-refractivity contribution is -0.143. The normalized spacial score (nSPS) is 14.4. The highest BCUT2D eigenvalue weighted by molar-refractivity contribution is 5.69. The van der Waals surface area contributed by atoms with E-state index in [2.05, 4.69) is 0 Å². The van der Waals surface area contributed by atoms with E-state index in [0.717, 1.165) is 32.1 Å². The molecule has 0 aromatic rings. The Balaban J connectivity index is 3.44. The van der Waals surface area contributed by atoms with Gasteiger partial charge in [0.05, 0.1) is 5.92 Å². The van der Waals surface area contributed by atoms with Crippen molar-refractivity contribution in [3.05, 3.63) is 0 Å². The number of carboxylic acid groups (broad SMARTS) is 2. The van der Waals surface area contributed by atoms with Gasteiger partial charge in [-0.3, -0.25) is 9.59 Å². The van der Waals surface area contributed by atoms with Gasteiger partial charge in [-0.2, -0.15) is 0 Å². The minimum absolute atomic E-state index is 0.192. The molecule has 0 aromatic heterocycles. The zero-order valence-electron chi connectivity index (χ0n) is 10.1. The van der Waals surface area contributed by atoms with Gasteiger partial charge < -0.3 is 10.2 Å². The molecule has 0 aromatic carbocycles. The molecule has 16 heavy (non-hydrogen) atoms. The summed E-state index contributed by atoms with van der Waals surface area (Å²) in [5, 5.41) is 17.2. The largest absolute Gasteiger partial charge is 0.481 e. The number of hydrogen-bond acceptors (Lipinski definition) is 2. The van der Waals surface area contributed by atoms with Gasteiger partial charge in [0, 0.05) is 6.42 Å². The Hall–Kier alpha value is -1.06. The highest BCUT2D eigenvalue weighted by Gasteiger charge is 2.18. The number of hydrogen-bond donors (Lipinski definition) is 2. The molecule has 4 heteroatoms. The maximum Gasteiger partial charge on any atom is 0.306 e. The molecule has 2 unspecified atom stereocenters. The van der Waals surface area contributed by atoms with E-state index in [1.54, 1.807) is 6.92 Å². The van der Waals surface area contributed by atoms with Crippen LogP contribution in [0, 0.1) is 11.8 Å². The molecule has 0 fully saturated rings. The number of aliphatic carboxylic acids is 2. The average Bonchev–Trinajstić information content (AvgIpc) is 2.21. The Morgan fingerprint density at radius 1 is 1.00 bits per heavy atom. The van der Waals surface area contributed by atoms with E-state index in [4.69, 9.17) is 10.2 Å². The van der Waals surface area contributed by atoms with Crippen LogP contribution in [-0.4, -0.2) is 22.2 Å². The summed E-state index contributed by atoms with van der Waals surface area (Å²) in [5.41, 5.74) is 0. The van der Waals surface area contributed by atoms with Gasteiger partial charge in [-0.25, -0.2) is 0 Å². The Morgan fingerprint density at radius 2 is 1.56 bits per heavy atom. The van der Waals surface area contributed by atoms with Crippen LogP contribution in [0.2, 0.25) is 0 Å². The standard InChI is InChI=1S/C12H22O4/c1-9(10(2)12(15)16)7-5-3-4-6-8-11(13)14/h9-10H,3-8H2,1-2H3,(H,13,14)(H,15,16). The van der Waals surface area contributed by atoms with Crippen molar-refractivity contribution in [2.45, 2.75) is 52.4 Å². The minimum Gasteiger partial charge on any atom is -0.481 e. The molecular weight excluding hydrogens is 208 g/mol. The van der Waals surface area contributed by atoms with Crippen molar-refractivity contribution in [2.75, 3.05) is 0 Å². The Bertz CT molecular complexity index is 225. The van der Waals surface area contributed by atoms with Crippen molar-refractivity contribution >= 4 is 11.9 Å². The van der Waals surface area contributed by atoms with Crippen molar-refractivity contribution in [2.24, 2.45) is 11.8 Å². The quantitative estimate of drug-likeness (QED) is 0.597. The third kappa shape index (κ3) is 7.26. The van der Waals surface area contributed by atoms with Crippen molar-refractivity contribution in [1.29, 1.82) is 0 Å². The Labute approximate surface area is 96.7 Å². The van der Waals surface area contributed by atoms with E-state index in [0.29, 0.717) is 0 Å². The molecule has 0 amide bonds. The second-order valence-corrected chi connectivity index (χ2v) is 4.45. The van der Waals surface area contributed by atoms with Gasteiger partial charge in [0.1, 0.15) is 0 Å². The maximum absolute atomic E-state index is 10.7. The van der Waals surface area contributed by atoms with Gasteiger partial charge in [0.25, 0.3) is 0 Å². The summed E-state index contributed by atoms with van der Waals surface area (Å²) in [4.78, 5) is 20.9. The molecule has 0 aliphatic heterocycles. The van der Waals surface area contributed by atoms with Crippen molar-refractivity contribution in [3.63, 3.8) is 0 Å². The summed E-state index contributed by atoms with van der Waals surface area (Å²) in [5.74, 6) is -1.58. The SMILES string of the molecule is CC(CCCCCCC(=O)O)C(C)C(=O)O. The highest BCUT2D eigenvalue weighted by Crippen LogP contribution is 2.19. The first-order valence-corrected chi connectivity index (χ1v) is 5.89. The summed E-state index contributed by atoms with van der Waals surface area (Å²) in [6.07, 6.45) is 4.75. The molecule has 4 nitrogen and oxygen atoms in total. The second kappa shape index (κ2) is 8.13. The molecule has 0 rings (SSSR count). The van der Waals surface area contributed by atoms with Crippen molar-refractivity contribution in [3.8, 4) is 0 Å². The van der Waals surface area contributed by atoms with Crippen LogP contribution in [0.4, 0.5) is 0 Å². The van der Waals surface area contributed by atoms with Crippen LogP contribution in [0.25, 0.3) is 0 Å². The molecule has 0 spiro atoms. The number of carbonyl (C=O) groups is 2. The van der Waals surface area contributed by atoms with E-state index in [9.17, 15) is 9.59 Å². The molecule has 2 atom stereocenters. The number of rotatable bonds is 9. The van der Waals surface area contributed by atoms with E-state index in [-0.39, 0.29) is 18.3 Å². The average molecular weight is 230 g/mol. The van der Waals surface area contributed by atoms with E-state index < -0.39 is 11.9 Å². The van der Waals surface area contributed by atoms with Crippen LogP contribution in [0.1, 0.15) is 52.4 Å². The lowest BCUT2D eigenvalue weighted by Crippen LogP contribution is -2.17. The first-order valence-electron chi connectivity index (χ1n) is 5.89. The van der Waals surface area contributed by atoms with Crippen LogP contribution >= 0.6 is 0 Å².